The van der Waals surface area contributed by atoms with Gasteiger partial charge in [0, 0.05) is 6.04 Å². The average molecular weight is 214 g/mol. The molecule has 3 N–H and O–H groups in total. The molecule has 0 aliphatic rings. The molecule has 0 spiro atoms. The Kier molecular flexibility index (Phi) is 3.25. The lowest BCUT2D eigenvalue weighted by molar-refractivity contribution is 0.588. The number of benzene rings is 1. The van der Waals surface area contributed by atoms with Crippen molar-refractivity contribution >= 4 is 10.0 Å². The molecule has 4 nitrogen and oxygen atoms in total. The van der Waals surface area contributed by atoms with E-state index in [1.165, 1.54) is 13.1 Å². The van der Waals surface area contributed by atoms with Crippen LogP contribution in [0.2, 0.25) is 0 Å². The molecule has 1 atom stereocenters. The third-order valence-corrected chi connectivity index (χ3v) is 3.37. The van der Waals surface area contributed by atoms with Gasteiger partial charge in [0.25, 0.3) is 0 Å². The zero-order chi connectivity index (χ0) is 10.8. The average Bonchev–Trinajstić information content (AvgIpc) is 2.18. The summed E-state index contributed by atoms with van der Waals surface area (Å²) >= 11 is 0. The fourth-order valence-corrected chi connectivity index (χ4v) is 1.87. The predicted octanol–water partition coefficient (Wildman–Crippen LogP) is 0.614. The fourth-order valence-electron chi connectivity index (χ4n) is 1.08. The number of sulfonamides is 1. The van der Waals surface area contributed by atoms with E-state index >= 15 is 0 Å². The van der Waals surface area contributed by atoms with Gasteiger partial charge in [-0.05, 0) is 31.7 Å². The molecule has 0 saturated carbocycles. The van der Waals surface area contributed by atoms with E-state index < -0.39 is 10.0 Å². The number of rotatable bonds is 3. The second kappa shape index (κ2) is 4.08. The van der Waals surface area contributed by atoms with Crippen LogP contribution in [0.4, 0.5) is 0 Å². The molecule has 0 heterocycles. The van der Waals surface area contributed by atoms with Crippen LogP contribution >= 0.6 is 0 Å². The molecule has 1 aromatic carbocycles. The van der Waals surface area contributed by atoms with Crippen LogP contribution in [0, 0.1) is 0 Å². The first-order valence-corrected chi connectivity index (χ1v) is 5.75. The van der Waals surface area contributed by atoms with Crippen molar-refractivity contribution in [1.82, 2.24) is 4.72 Å². The minimum Gasteiger partial charge on any atom is -0.324 e. The molecular formula is C9H14N2O2S. The zero-order valence-corrected chi connectivity index (χ0v) is 9.01. The monoisotopic (exact) mass is 214 g/mol. The van der Waals surface area contributed by atoms with Gasteiger partial charge in [0.15, 0.2) is 0 Å². The third kappa shape index (κ3) is 2.31. The van der Waals surface area contributed by atoms with E-state index in [0.717, 1.165) is 5.56 Å². The van der Waals surface area contributed by atoms with E-state index in [1.807, 2.05) is 6.92 Å². The lowest BCUT2D eigenvalue weighted by Crippen LogP contribution is -2.19. The van der Waals surface area contributed by atoms with Crippen molar-refractivity contribution in [2.45, 2.75) is 17.9 Å². The highest BCUT2D eigenvalue weighted by Gasteiger charge is 2.11. The Bertz CT molecular complexity index is 413. The minimum atomic E-state index is -3.36. The van der Waals surface area contributed by atoms with E-state index in [-0.39, 0.29) is 10.9 Å². The van der Waals surface area contributed by atoms with Crippen molar-refractivity contribution in [2.24, 2.45) is 5.73 Å². The first-order chi connectivity index (χ1) is 6.47. The van der Waals surface area contributed by atoms with Gasteiger partial charge in [-0.3, -0.25) is 0 Å². The zero-order valence-electron chi connectivity index (χ0n) is 8.19. The first kappa shape index (κ1) is 11.2. The van der Waals surface area contributed by atoms with Gasteiger partial charge in [-0.2, -0.15) is 0 Å². The Balaban J connectivity index is 3.19. The topological polar surface area (TPSA) is 72.2 Å². The van der Waals surface area contributed by atoms with Crippen LogP contribution in [0.3, 0.4) is 0 Å². The minimum absolute atomic E-state index is 0.165. The summed E-state index contributed by atoms with van der Waals surface area (Å²) in [4.78, 5) is 0.245. The van der Waals surface area contributed by atoms with Crippen molar-refractivity contribution in [3.63, 3.8) is 0 Å². The van der Waals surface area contributed by atoms with E-state index in [0.29, 0.717) is 0 Å². The highest BCUT2D eigenvalue weighted by Crippen LogP contribution is 2.15. The quantitative estimate of drug-likeness (QED) is 0.774. The molecule has 0 aromatic heterocycles. The molecule has 0 radical (unpaired) electrons. The van der Waals surface area contributed by atoms with Crippen LogP contribution in [0.25, 0.3) is 0 Å². The van der Waals surface area contributed by atoms with Gasteiger partial charge in [-0.1, -0.05) is 12.1 Å². The standard InChI is InChI=1S/C9H14N2O2S/c1-7(10)8-4-3-5-9(6-8)14(12,13)11-2/h3-7,11H,10H2,1-2H3/t7-/m0/s1. The number of nitrogens with two attached hydrogens (primary N) is 1. The van der Waals surface area contributed by atoms with Gasteiger partial charge >= 0.3 is 0 Å². The summed E-state index contributed by atoms with van der Waals surface area (Å²) in [5, 5.41) is 0. The van der Waals surface area contributed by atoms with Crippen LogP contribution in [-0.2, 0) is 10.0 Å². The van der Waals surface area contributed by atoms with E-state index in [4.69, 9.17) is 5.73 Å². The van der Waals surface area contributed by atoms with Crippen LogP contribution in [0.5, 0.6) is 0 Å². The Morgan fingerprint density at radius 3 is 2.57 bits per heavy atom. The molecule has 0 bridgehead atoms. The van der Waals surface area contributed by atoms with E-state index in [9.17, 15) is 8.42 Å². The van der Waals surface area contributed by atoms with Crippen LogP contribution < -0.4 is 10.5 Å². The highest BCUT2D eigenvalue weighted by atomic mass is 32.2. The largest absolute Gasteiger partial charge is 0.324 e. The van der Waals surface area contributed by atoms with E-state index in [2.05, 4.69) is 4.72 Å². The van der Waals surface area contributed by atoms with Crippen molar-refractivity contribution in [3.05, 3.63) is 29.8 Å². The Morgan fingerprint density at radius 1 is 1.43 bits per heavy atom. The van der Waals surface area contributed by atoms with Gasteiger partial charge in [-0.15, -0.1) is 0 Å². The molecule has 14 heavy (non-hydrogen) atoms. The maximum atomic E-state index is 11.4. The summed E-state index contributed by atoms with van der Waals surface area (Å²) < 4.78 is 25.1. The third-order valence-electron chi connectivity index (χ3n) is 1.96. The summed E-state index contributed by atoms with van der Waals surface area (Å²) in [6, 6.07) is 6.44. The second-order valence-electron chi connectivity index (χ2n) is 3.07. The van der Waals surface area contributed by atoms with E-state index in [1.54, 1.807) is 18.2 Å². The van der Waals surface area contributed by atoms with Gasteiger partial charge in [-0.25, -0.2) is 13.1 Å². The number of hydrogen-bond acceptors (Lipinski definition) is 3. The van der Waals surface area contributed by atoms with Gasteiger partial charge in [0.1, 0.15) is 0 Å². The molecule has 5 heteroatoms. The van der Waals surface area contributed by atoms with Crippen molar-refractivity contribution in [1.29, 1.82) is 0 Å². The second-order valence-corrected chi connectivity index (χ2v) is 4.96. The van der Waals surface area contributed by atoms with Crippen molar-refractivity contribution < 1.29 is 8.42 Å². The molecular weight excluding hydrogens is 200 g/mol. The summed E-state index contributed by atoms with van der Waals surface area (Å²) in [6.45, 7) is 1.81. The predicted molar refractivity (Wildman–Crippen MR) is 55.3 cm³/mol. The molecule has 0 unspecified atom stereocenters. The summed E-state index contributed by atoms with van der Waals surface area (Å²) in [5.41, 5.74) is 6.46. The molecule has 0 fully saturated rings. The maximum Gasteiger partial charge on any atom is 0.240 e. The van der Waals surface area contributed by atoms with Gasteiger partial charge in [0.2, 0.25) is 10.0 Å². The van der Waals surface area contributed by atoms with Crippen molar-refractivity contribution in [2.75, 3.05) is 7.05 Å². The summed E-state index contributed by atoms with van der Waals surface area (Å²) in [6.07, 6.45) is 0. The molecule has 0 aliphatic heterocycles. The van der Waals surface area contributed by atoms with Crippen LogP contribution in [-0.4, -0.2) is 15.5 Å². The number of nitrogens with one attached hydrogen (secondary N) is 1. The summed E-state index contributed by atoms with van der Waals surface area (Å²) in [7, 11) is -1.98. The van der Waals surface area contributed by atoms with Crippen molar-refractivity contribution in [3.8, 4) is 0 Å². The molecule has 0 amide bonds. The normalized spacial score (nSPS) is 13.9. The van der Waals surface area contributed by atoms with Crippen LogP contribution in [0.1, 0.15) is 18.5 Å². The Labute approximate surface area is 84.2 Å². The van der Waals surface area contributed by atoms with Gasteiger partial charge < -0.3 is 5.73 Å². The molecule has 0 aliphatic carbocycles. The molecule has 78 valence electrons. The SMILES string of the molecule is CNS(=O)(=O)c1cccc([C@H](C)N)c1. The van der Waals surface area contributed by atoms with Crippen LogP contribution in [0.15, 0.2) is 29.2 Å². The Hall–Kier alpha value is -0.910. The highest BCUT2D eigenvalue weighted by molar-refractivity contribution is 7.89. The first-order valence-electron chi connectivity index (χ1n) is 4.26. The molecule has 1 aromatic rings. The smallest absolute Gasteiger partial charge is 0.240 e. The maximum absolute atomic E-state index is 11.4. The molecule has 1 rings (SSSR count). The van der Waals surface area contributed by atoms with Gasteiger partial charge in [0.05, 0.1) is 4.90 Å². The summed E-state index contributed by atoms with van der Waals surface area (Å²) in [5.74, 6) is 0. The molecule has 0 saturated heterocycles. The fraction of sp³-hybridized carbons (Fsp3) is 0.333. The lowest BCUT2D eigenvalue weighted by atomic mass is 10.1. The lowest BCUT2D eigenvalue weighted by Gasteiger charge is -2.07. The number of hydrogen-bond donors (Lipinski definition) is 2. The Morgan fingerprint density at radius 2 is 2.07 bits per heavy atom.